The third kappa shape index (κ3) is 3.64. The molecule has 0 aliphatic heterocycles. The molecule has 106 valence electrons. The standard InChI is InChI=1S/C14H23N3S2/c1-17(7-8-18-2)14-16-13(10-3-4-10)12(19-14)9-15-11-5-6-11/h10-11,15H,3-9H2,1-2H3. The molecule has 0 unspecified atom stereocenters. The monoisotopic (exact) mass is 297 g/mol. The minimum atomic E-state index is 0.759. The smallest absolute Gasteiger partial charge is 0.185 e. The van der Waals surface area contributed by atoms with Gasteiger partial charge in [-0.05, 0) is 31.9 Å². The zero-order chi connectivity index (χ0) is 13.2. The fourth-order valence-corrected chi connectivity index (χ4v) is 3.71. The second-order valence-electron chi connectivity index (χ2n) is 5.65. The van der Waals surface area contributed by atoms with E-state index in [1.807, 2.05) is 23.1 Å². The molecule has 0 amide bonds. The van der Waals surface area contributed by atoms with E-state index in [0.29, 0.717) is 0 Å². The van der Waals surface area contributed by atoms with Crippen LogP contribution in [0.25, 0.3) is 0 Å². The van der Waals surface area contributed by atoms with Crippen molar-refractivity contribution in [2.75, 3.05) is 30.5 Å². The first kappa shape index (κ1) is 13.7. The van der Waals surface area contributed by atoms with E-state index in [1.165, 1.54) is 47.1 Å². The van der Waals surface area contributed by atoms with Gasteiger partial charge >= 0.3 is 0 Å². The number of anilines is 1. The van der Waals surface area contributed by atoms with Crippen LogP contribution < -0.4 is 10.2 Å². The molecule has 1 aromatic heterocycles. The average Bonchev–Trinajstić information content (AvgIpc) is 3.33. The second-order valence-corrected chi connectivity index (χ2v) is 7.70. The Morgan fingerprint density at radius 1 is 1.37 bits per heavy atom. The van der Waals surface area contributed by atoms with E-state index in [9.17, 15) is 0 Å². The molecule has 2 saturated carbocycles. The quantitative estimate of drug-likeness (QED) is 0.798. The number of thiazole rings is 1. The van der Waals surface area contributed by atoms with Gasteiger partial charge in [0.05, 0.1) is 5.69 Å². The molecule has 1 N–H and O–H groups in total. The van der Waals surface area contributed by atoms with Gasteiger partial charge in [0, 0.05) is 42.7 Å². The first-order valence-electron chi connectivity index (χ1n) is 7.21. The first-order valence-corrected chi connectivity index (χ1v) is 9.42. The normalized spacial score (nSPS) is 18.8. The van der Waals surface area contributed by atoms with Gasteiger partial charge < -0.3 is 10.2 Å². The molecule has 1 aromatic rings. The number of nitrogens with zero attached hydrogens (tertiary/aromatic N) is 2. The summed E-state index contributed by atoms with van der Waals surface area (Å²) in [6, 6.07) is 0.784. The van der Waals surface area contributed by atoms with Gasteiger partial charge in [0.2, 0.25) is 0 Å². The van der Waals surface area contributed by atoms with Crippen LogP contribution in [0.5, 0.6) is 0 Å². The van der Waals surface area contributed by atoms with Gasteiger partial charge in [-0.15, -0.1) is 11.3 Å². The van der Waals surface area contributed by atoms with E-state index in [2.05, 4.69) is 23.5 Å². The molecule has 2 aliphatic rings. The van der Waals surface area contributed by atoms with Crippen molar-refractivity contribution in [1.29, 1.82) is 0 Å². The minimum Gasteiger partial charge on any atom is -0.350 e. The van der Waals surface area contributed by atoms with Crippen LogP contribution in [-0.2, 0) is 6.54 Å². The summed E-state index contributed by atoms with van der Waals surface area (Å²) >= 11 is 3.80. The molecule has 3 rings (SSSR count). The van der Waals surface area contributed by atoms with Gasteiger partial charge in [-0.2, -0.15) is 11.8 Å². The third-order valence-electron chi connectivity index (χ3n) is 3.77. The van der Waals surface area contributed by atoms with Gasteiger partial charge in [0.25, 0.3) is 0 Å². The number of hydrogen-bond acceptors (Lipinski definition) is 5. The highest BCUT2D eigenvalue weighted by atomic mass is 32.2. The van der Waals surface area contributed by atoms with Crippen LogP contribution >= 0.6 is 23.1 Å². The van der Waals surface area contributed by atoms with Crippen molar-refractivity contribution in [3.05, 3.63) is 10.6 Å². The van der Waals surface area contributed by atoms with Gasteiger partial charge in [0.15, 0.2) is 5.13 Å². The van der Waals surface area contributed by atoms with Crippen molar-refractivity contribution in [1.82, 2.24) is 10.3 Å². The molecular formula is C14H23N3S2. The fourth-order valence-electron chi connectivity index (χ4n) is 2.16. The van der Waals surface area contributed by atoms with Crippen molar-refractivity contribution in [3.8, 4) is 0 Å². The SMILES string of the molecule is CSCCN(C)c1nc(C2CC2)c(CNC2CC2)s1. The number of hydrogen-bond donors (Lipinski definition) is 1. The summed E-state index contributed by atoms with van der Waals surface area (Å²) in [5, 5.41) is 4.85. The highest BCUT2D eigenvalue weighted by Crippen LogP contribution is 2.44. The maximum absolute atomic E-state index is 4.92. The van der Waals surface area contributed by atoms with Crippen molar-refractivity contribution in [3.63, 3.8) is 0 Å². The molecule has 2 aliphatic carbocycles. The molecule has 2 fully saturated rings. The van der Waals surface area contributed by atoms with E-state index >= 15 is 0 Å². The van der Waals surface area contributed by atoms with E-state index in [1.54, 1.807) is 0 Å². The van der Waals surface area contributed by atoms with Crippen molar-refractivity contribution in [2.45, 2.75) is 44.2 Å². The number of nitrogens with one attached hydrogen (secondary N) is 1. The van der Waals surface area contributed by atoms with Crippen LogP contribution in [0.4, 0.5) is 5.13 Å². The Morgan fingerprint density at radius 2 is 2.16 bits per heavy atom. The summed E-state index contributed by atoms with van der Waals surface area (Å²) < 4.78 is 0. The van der Waals surface area contributed by atoms with Crippen LogP contribution in [0.15, 0.2) is 0 Å². The van der Waals surface area contributed by atoms with Crippen molar-refractivity contribution < 1.29 is 0 Å². The number of aromatic nitrogens is 1. The Hall–Kier alpha value is -0.260. The fraction of sp³-hybridized carbons (Fsp3) is 0.786. The van der Waals surface area contributed by atoms with E-state index in [4.69, 9.17) is 4.98 Å². The van der Waals surface area contributed by atoms with E-state index in [0.717, 1.165) is 25.0 Å². The Labute approximate surface area is 124 Å². The summed E-state index contributed by atoms with van der Waals surface area (Å²) in [4.78, 5) is 8.72. The maximum Gasteiger partial charge on any atom is 0.185 e. The van der Waals surface area contributed by atoms with E-state index in [-0.39, 0.29) is 0 Å². The third-order valence-corrected chi connectivity index (χ3v) is 5.54. The lowest BCUT2D eigenvalue weighted by atomic mass is 10.2. The molecule has 0 saturated heterocycles. The highest BCUT2D eigenvalue weighted by Gasteiger charge is 2.31. The van der Waals surface area contributed by atoms with Crippen LogP contribution in [0, 0.1) is 0 Å². The molecule has 0 bridgehead atoms. The zero-order valence-corrected chi connectivity index (χ0v) is 13.4. The van der Waals surface area contributed by atoms with Crippen molar-refractivity contribution in [2.24, 2.45) is 0 Å². The topological polar surface area (TPSA) is 28.2 Å². The Kier molecular flexibility index (Phi) is 4.34. The highest BCUT2D eigenvalue weighted by molar-refractivity contribution is 7.98. The predicted octanol–water partition coefficient (Wildman–Crippen LogP) is 3.07. The van der Waals surface area contributed by atoms with E-state index < -0.39 is 0 Å². The molecule has 19 heavy (non-hydrogen) atoms. The molecule has 1 heterocycles. The predicted molar refractivity (Wildman–Crippen MR) is 85.6 cm³/mol. The summed E-state index contributed by atoms with van der Waals surface area (Å²) in [7, 11) is 2.17. The molecule has 0 spiro atoms. The Bertz CT molecular complexity index is 424. The van der Waals surface area contributed by atoms with Gasteiger partial charge in [-0.3, -0.25) is 0 Å². The summed E-state index contributed by atoms with van der Waals surface area (Å²) in [5.41, 5.74) is 1.39. The van der Waals surface area contributed by atoms with Crippen LogP contribution in [-0.4, -0.2) is 36.6 Å². The molecule has 3 nitrogen and oxygen atoms in total. The van der Waals surface area contributed by atoms with Crippen LogP contribution in [0.2, 0.25) is 0 Å². The largest absolute Gasteiger partial charge is 0.350 e. The molecule has 5 heteroatoms. The first-order chi connectivity index (χ1) is 9.28. The van der Waals surface area contributed by atoms with Crippen LogP contribution in [0.3, 0.4) is 0 Å². The van der Waals surface area contributed by atoms with Crippen LogP contribution in [0.1, 0.15) is 42.2 Å². The Morgan fingerprint density at radius 3 is 2.79 bits per heavy atom. The average molecular weight is 297 g/mol. The Balaban J connectivity index is 1.67. The lowest BCUT2D eigenvalue weighted by molar-refractivity contribution is 0.688. The van der Waals surface area contributed by atoms with Gasteiger partial charge in [0.1, 0.15) is 0 Å². The summed E-state index contributed by atoms with van der Waals surface area (Å²) in [6.07, 6.45) is 7.56. The second kappa shape index (κ2) is 6.02. The zero-order valence-electron chi connectivity index (χ0n) is 11.8. The molecule has 0 aromatic carbocycles. The minimum absolute atomic E-state index is 0.759. The lowest BCUT2D eigenvalue weighted by Crippen LogP contribution is -2.19. The maximum atomic E-state index is 4.92. The molecular weight excluding hydrogens is 274 g/mol. The summed E-state index contributed by atoms with van der Waals surface area (Å²) in [5.74, 6) is 1.93. The number of rotatable bonds is 8. The van der Waals surface area contributed by atoms with Gasteiger partial charge in [-0.1, -0.05) is 0 Å². The van der Waals surface area contributed by atoms with Gasteiger partial charge in [-0.25, -0.2) is 4.98 Å². The number of thioether (sulfide) groups is 1. The molecule has 0 atom stereocenters. The molecule has 0 radical (unpaired) electrons. The summed E-state index contributed by atoms with van der Waals surface area (Å²) in [6.45, 7) is 2.12. The van der Waals surface area contributed by atoms with Crippen molar-refractivity contribution >= 4 is 28.2 Å². The lowest BCUT2D eigenvalue weighted by Gasteiger charge is -2.14.